The van der Waals surface area contributed by atoms with E-state index in [-0.39, 0.29) is 17.4 Å². The van der Waals surface area contributed by atoms with Crippen molar-refractivity contribution in [1.29, 1.82) is 0 Å². The van der Waals surface area contributed by atoms with Gasteiger partial charge in [-0.3, -0.25) is 9.79 Å². The number of benzene rings is 1. The second-order valence-electron chi connectivity index (χ2n) is 7.33. The van der Waals surface area contributed by atoms with Crippen molar-refractivity contribution in [1.82, 2.24) is 10.6 Å². The first-order chi connectivity index (χ1) is 12.0. The third-order valence-corrected chi connectivity index (χ3v) is 5.55. The van der Waals surface area contributed by atoms with E-state index in [4.69, 9.17) is 4.74 Å². The van der Waals surface area contributed by atoms with Gasteiger partial charge in [-0.05, 0) is 18.1 Å². The summed E-state index contributed by atoms with van der Waals surface area (Å²) in [4.78, 5) is 18.4. The molecular weight excluding hydrogens is 316 g/mol. The lowest BCUT2D eigenvalue weighted by Gasteiger charge is -2.51. The van der Waals surface area contributed by atoms with Gasteiger partial charge in [-0.1, -0.05) is 32.0 Å². The van der Waals surface area contributed by atoms with Crippen LogP contribution in [0.3, 0.4) is 0 Å². The van der Waals surface area contributed by atoms with Crippen LogP contribution in [-0.4, -0.2) is 51.3 Å². The summed E-state index contributed by atoms with van der Waals surface area (Å²) in [6, 6.07) is 8.32. The molecule has 0 saturated heterocycles. The van der Waals surface area contributed by atoms with Crippen molar-refractivity contribution in [3.8, 4) is 0 Å². The van der Waals surface area contributed by atoms with Gasteiger partial charge in [-0.15, -0.1) is 0 Å². The number of hydrogen-bond acceptors (Lipinski definition) is 3. The average Bonchev–Trinajstić information content (AvgIpc) is 2.92. The van der Waals surface area contributed by atoms with Gasteiger partial charge in [0, 0.05) is 44.4 Å². The summed E-state index contributed by atoms with van der Waals surface area (Å²) in [5, 5.41) is 6.79. The highest BCUT2D eigenvalue weighted by Gasteiger charge is 2.48. The van der Waals surface area contributed by atoms with Crippen LogP contribution in [0.15, 0.2) is 29.3 Å². The van der Waals surface area contributed by atoms with Crippen molar-refractivity contribution < 1.29 is 9.53 Å². The molecular formula is C19H28N4O2. The van der Waals surface area contributed by atoms with E-state index in [1.165, 1.54) is 0 Å². The Labute approximate surface area is 149 Å². The number of rotatable bonds is 5. The SMILES string of the molecule is CN=C(NCCN1C(=O)Cc2ccccc21)NC1CC(OC)C1(C)C. The maximum Gasteiger partial charge on any atom is 0.231 e. The maximum atomic E-state index is 12.2. The molecule has 2 N–H and O–H groups in total. The predicted molar refractivity (Wildman–Crippen MR) is 100.0 cm³/mol. The summed E-state index contributed by atoms with van der Waals surface area (Å²) in [5.41, 5.74) is 2.22. The van der Waals surface area contributed by atoms with E-state index in [0.717, 1.165) is 23.6 Å². The van der Waals surface area contributed by atoms with Crippen LogP contribution in [-0.2, 0) is 16.0 Å². The topological polar surface area (TPSA) is 66.0 Å². The number of carbonyl (C=O) groups excluding carboxylic acids is 1. The number of ether oxygens (including phenoxy) is 1. The van der Waals surface area contributed by atoms with Gasteiger partial charge in [-0.2, -0.15) is 0 Å². The van der Waals surface area contributed by atoms with Crippen LogP contribution in [0.4, 0.5) is 5.69 Å². The Kier molecular flexibility index (Phi) is 4.99. The van der Waals surface area contributed by atoms with Gasteiger partial charge in [-0.25, -0.2) is 0 Å². The number of nitrogens with zero attached hydrogens (tertiary/aromatic N) is 2. The molecule has 1 aliphatic heterocycles. The number of amides is 1. The van der Waals surface area contributed by atoms with Gasteiger partial charge in [0.05, 0.1) is 12.5 Å². The number of aliphatic imine (C=N–C) groups is 1. The van der Waals surface area contributed by atoms with Gasteiger partial charge in [0.25, 0.3) is 0 Å². The van der Waals surface area contributed by atoms with Crippen LogP contribution in [0, 0.1) is 5.41 Å². The Morgan fingerprint density at radius 2 is 2.16 bits per heavy atom. The normalized spacial score (nSPS) is 24.7. The zero-order valence-electron chi connectivity index (χ0n) is 15.5. The molecule has 1 saturated carbocycles. The highest BCUT2D eigenvalue weighted by atomic mass is 16.5. The van der Waals surface area contributed by atoms with Crippen LogP contribution in [0.1, 0.15) is 25.8 Å². The molecule has 1 aliphatic carbocycles. The van der Waals surface area contributed by atoms with E-state index in [0.29, 0.717) is 25.6 Å². The van der Waals surface area contributed by atoms with Gasteiger partial charge >= 0.3 is 0 Å². The zero-order valence-corrected chi connectivity index (χ0v) is 15.5. The summed E-state index contributed by atoms with van der Waals surface area (Å²) < 4.78 is 5.50. The Morgan fingerprint density at radius 1 is 1.40 bits per heavy atom. The molecule has 1 aromatic rings. The molecule has 0 bridgehead atoms. The summed E-state index contributed by atoms with van der Waals surface area (Å²) in [5.74, 6) is 0.932. The second-order valence-corrected chi connectivity index (χ2v) is 7.33. The first-order valence-electron chi connectivity index (χ1n) is 8.85. The van der Waals surface area contributed by atoms with E-state index in [2.05, 4.69) is 29.5 Å². The molecule has 2 unspecified atom stereocenters. The quantitative estimate of drug-likeness (QED) is 0.628. The van der Waals surface area contributed by atoms with Gasteiger partial charge in [0.15, 0.2) is 5.96 Å². The Morgan fingerprint density at radius 3 is 2.84 bits per heavy atom. The van der Waals surface area contributed by atoms with Crippen molar-refractivity contribution in [3.63, 3.8) is 0 Å². The summed E-state index contributed by atoms with van der Waals surface area (Å²) in [6.07, 6.45) is 1.75. The smallest absolute Gasteiger partial charge is 0.231 e. The molecule has 0 aromatic heterocycles. The highest BCUT2D eigenvalue weighted by molar-refractivity contribution is 6.01. The zero-order chi connectivity index (χ0) is 18.0. The molecule has 1 heterocycles. The fourth-order valence-electron chi connectivity index (χ4n) is 3.74. The van der Waals surface area contributed by atoms with E-state index < -0.39 is 0 Å². The summed E-state index contributed by atoms with van der Waals surface area (Å²) in [6.45, 7) is 5.69. The molecule has 1 fully saturated rings. The van der Waals surface area contributed by atoms with Crippen LogP contribution >= 0.6 is 0 Å². The standard InChI is InChI=1S/C19H28N4O2/c1-19(2)15(12-16(19)25-4)22-18(20-3)21-9-10-23-14-8-6-5-7-13(14)11-17(23)24/h5-8,15-16H,9-12H2,1-4H3,(H2,20,21,22). The van der Waals surface area contributed by atoms with E-state index in [1.54, 1.807) is 14.2 Å². The number of anilines is 1. The lowest BCUT2D eigenvalue weighted by Crippen LogP contribution is -2.63. The summed E-state index contributed by atoms with van der Waals surface area (Å²) >= 11 is 0. The third kappa shape index (κ3) is 3.35. The fraction of sp³-hybridized carbons (Fsp3) is 0.579. The number of para-hydroxylation sites is 1. The maximum absolute atomic E-state index is 12.2. The molecule has 6 heteroatoms. The van der Waals surface area contributed by atoms with Crippen LogP contribution in [0.2, 0.25) is 0 Å². The van der Waals surface area contributed by atoms with E-state index >= 15 is 0 Å². The third-order valence-electron chi connectivity index (χ3n) is 5.55. The minimum absolute atomic E-state index is 0.0796. The number of hydrogen-bond donors (Lipinski definition) is 2. The molecule has 25 heavy (non-hydrogen) atoms. The lowest BCUT2D eigenvalue weighted by atomic mass is 9.64. The highest BCUT2D eigenvalue weighted by Crippen LogP contribution is 2.42. The minimum atomic E-state index is 0.0796. The van der Waals surface area contributed by atoms with Gasteiger partial charge in [0.2, 0.25) is 5.91 Å². The first-order valence-corrected chi connectivity index (χ1v) is 8.85. The number of fused-ring (bicyclic) bond motifs is 1. The van der Waals surface area contributed by atoms with Crippen LogP contribution in [0.5, 0.6) is 0 Å². The van der Waals surface area contributed by atoms with Crippen LogP contribution < -0.4 is 15.5 Å². The van der Waals surface area contributed by atoms with Crippen molar-refractivity contribution in [2.45, 2.75) is 38.8 Å². The average molecular weight is 344 g/mol. The van der Waals surface area contributed by atoms with Crippen molar-refractivity contribution in [2.24, 2.45) is 10.4 Å². The number of methoxy groups -OCH3 is 1. The van der Waals surface area contributed by atoms with Crippen molar-refractivity contribution >= 4 is 17.6 Å². The Balaban J connectivity index is 1.51. The molecule has 0 spiro atoms. The first kappa shape index (κ1) is 17.7. The van der Waals surface area contributed by atoms with Gasteiger partial charge in [0.1, 0.15) is 0 Å². The molecule has 136 valence electrons. The molecule has 3 rings (SSSR count). The molecule has 0 radical (unpaired) electrons. The lowest BCUT2D eigenvalue weighted by molar-refractivity contribution is -0.117. The van der Waals surface area contributed by atoms with E-state index in [9.17, 15) is 4.79 Å². The van der Waals surface area contributed by atoms with Crippen molar-refractivity contribution in [2.75, 3.05) is 32.1 Å². The molecule has 2 aliphatic rings. The molecule has 1 aromatic carbocycles. The fourth-order valence-corrected chi connectivity index (χ4v) is 3.74. The predicted octanol–water partition coefficient (Wildman–Crippen LogP) is 1.55. The molecule has 2 atom stereocenters. The number of nitrogens with one attached hydrogen (secondary N) is 2. The number of guanidine groups is 1. The second kappa shape index (κ2) is 7.04. The van der Waals surface area contributed by atoms with Crippen LogP contribution in [0.25, 0.3) is 0 Å². The molecule has 6 nitrogen and oxygen atoms in total. The van der Waals surface area contributed by atoms with Gasteiger partial charge < -0.3 is 20.3 Å². The Bertz CT molecular complexity index is 671. The monoisotopic (exact) mass is 344 g/mol. The Hall–Kier alpha value is -2.08. The van der Waals surface area contributed by atoms with E-state index in [1.807, 2.05) is 29.2 Å². The largest absolute Gasteiger partial charge is 0.381 e. The molecule has 1 amide bonds. The van der Waals surface area contributed by atoms with Crippen molar-refractivity contribution in [3.05, 3.63) is 29.8 Å². The number of carbonyl (C=O) groups is 1. The minimum Gasteiger partial charge on any atom is -0.381 e. The summed E-state index contributed by atoms with van der Waals surface area (Å²) in [7, 11) is 3.53.